The molecule has 0 N–H and O–H groups in total. The molecule has 0 heterocycles. The summed E-state index contributed by atoms with van der Waals surface area (Å²) < 4.78 is 5.19. The average Bonchev–Trinajstić information content (AvgIpc) is 2.67. The fourth-order valence-corrected chi connectivity index (χ4v) is 3.03. The van der Waals surface area contributed by atoms with Crippen LogP contribution in [0.5, 0.6) is 0 Å². The van der Waals surface area contributed by atoms with Crippen LogP contribution in [0, 0.1) is 11.8 Å². The Morgan fingerprint density at radius 2 is 2.25 bits per heavy atom. The summed E-state index contributed by atoms with van der Waals surface area (Å²) in [6.45, 7) is 6.20. The summed E-state index contributed by atoms with van der Waals surface area (Å²) in [4.78, 5) is 12.0. The summed E-state index contributed by atoms with van der Waals surface area (Å²) in [6, 6.07) is 0. The molecule has 0 aromatic heterocycles. The molecule has 0 saturated carbocycles. The van der Waals surface area contributed by atoms with Crippen molar-refractivity contribution in [2.75, 3.05) is 6.61 Å². The predicted octanol–water partition coefficient (Wildman–Crippen LogP) is 3.24. The van der Waals surface area contributed by atoms with E-state index in [0.29, 0.717) is 6.61 Å². The maximum absolute atomic E-state index is 12.0. The minimum Gasteiger partial charge on any atom is -0.466 e. The molecule has 2 heteroatoms. The normalized spacial score (nSPS) is 28.8. The maximum atomic E-state index is 12.0. The number of allylic oxidation sites excluding steroid dienone is 2. The molecule has 0 saturated heterocycles. The van der Waals surface area contributed by atoms with E-state index >= 15 is 0 Å². The monoisotopic (exact) mass is 220 g/mol. The van der Waals surface area contributed by atoms with Crippen LogP contribution in [-0.4, -0.2) is 12.6 Å². The van der Waals surface area contributed by atoms with E-state index in [2.05, 4.69) is 6.58 Å². The molecule has 0 radical (unpaired) electrons. The van der Waals surface area contributed by atoms with Crippen LogP contribution < -0.4 is 0 Å². The largest absolute Gasteiger partial charge is 0.466 e. The number of hydrogen-bond acceptors (Lipinski definition) is 2. The molecule has 88 valence electrons. The van der Waals surface area contributed by atoms with E-state index in [1.807, 2.05) is 13.0 Å². The highest BCUT2D eigenvalue weighted by atomic mass is 16.5. The quantitative estimate of drug-likeness (QED) is 0.539. The van der Waals surface area contributed by atoms with E-state index in [9.17, 15) is 4.79 Å². The van der Waals surface area contributed by atoms with Crippen molar-refractivity contribution < 1.29 is 9.53 Å². The van der Waals surface area contributed by atoms with Crippen molar-refractivity contribution in [1.29, 1.82) is 0 Å². The summed E-state index contributed by atoms with van der Waals surface area (Å²) >= 11 is 0. The Morgan fingerprint density at radius 3 is 2.94 bits per heavy atom. The first-order chi connectivity index (χ1) is 7.77. The van der Waals surface area contributed by atoms with Gasteiger partial charge in [0.25, 0.3) is 0 Å². The first-order valence-corrected chi connectivity index (χ1v) is 6.28. The van der Waals surface area contributed by atoms with Crippen molar-refractivity contribution in [3.63, 3.8) is 0 Å². The zero-order valence-electron chi connectivity index (χ0n) is 10.00. The molecule has 0 spiro atoms. The first-order valence-electron chi connectivity index (χ1n) is 6.28. The fraction of sp³-hybridized carbons (Fsp3) is 0.643. The van der Waals surface area contributed by atoms with Crippen LogP contribution in [0.15, 0.2) is 23.8 Å². The second-order valence-electron chi connectivity index (χ2n) is 4.67. The number of carbonyl (C=O) groups excluding carboxylic acids is 1. The van der Waals surface area contributed by atoms with Gasteiger partial charge in [-0.25, -0.2) is 0 Å². The predicted molar refractivity (Wildman–Crippen MR) is 63.9 cm³/mol. The third-order valence-electron chi connectivity index (χ3n) is 3.76. The lowest BCUT2D eigenvalue weighted by Crippen LogP contribution is -2.23. The van der Waals surface area contributed by atoms with Gasteiger partial charge in [0.1, 0.15) is 0 Å². The summed E-state index contributed by atoms with van der Waals surface area (Å²) in [7, 11) is 0. The highest BCUT2D eigenvalue weighted by molar-refractivity contribution is 5.78. The van der Waals surface area contributed by atoms with Gasteiger partial charge < -0.3 is 4.74 Å². The lowest BCUT2D eigenvalue weighted by molar-refractivity contribution is -0.147. The van der Waals surface area contributed by atoms with Crippen LogP contribution in [0.2, 0.25) is 0 Å². The van der Waals surface area contributed by atoms with Gasteiger partial charge in [-0.3, -0.25) is 4.79 Å². The number of ether oxygens (including phenoxy) is 1. The lowest BCUT2D eigenvalue weighted by Gasteiger charge is -2.20. The molecule has 0 aliphatic heterocycles. The number of carbonyl (C=O) groups is 1. The molecule has 2 rings (SSSR count). The van der Waals surface area contributed by atoms with Crippen molar-refractivity contribution in [1.82, 2.24) is 0 Å². The van der Waals surface area contributed by atoms with Gasteiger partial charge in [0.05, 0.1) is 12.5 Å². The lowest BCUT2D eigenvalue weighted by atomic mass is 9.87. The third kappa shape index (κ3) is 1.93. The van der Waals surface area contributed by atoms with E-state index in [1.165, 1.54) is 30.4 Å². The Hall–Kier alpha value is -1.05. The molecule has 2 aliphatic carbocycles. The van der Waals surface area contributed by atoms with Crippen LogP contribution in [0.3, 0.4) is 0 Å². The van der Waals surface area contributed by atoms with E-state index in [4.69, 9.17) is 4.74 Å². The summed E-state index contributed by atoms with van der Waals surface area (Å²) in [5.41, 5.74) is 2.88. The third-order valence-corrected chi connectivity index (χ3v) is 3.76. The zero-order chi connectivity index (χ0) is 11.5. The van der Waals surface area contributed by atoms with Crippen LogP contribution in [-0.2, 0) is 9.53 Å². The van der Waals surface area contributed by atoms with Crippen molar-refractivity contribution >= 4 is 5.97 Å². The van der Waals surface area contributed by atoms with Gasteiger partial charge in [-0.05, 0) is 44.9 Å². The Labute approximate surface area is 97.4 Å². The van der Waals surface area contributed by atoms with E-state index in [1.54, 1.807) is 0 Å². The molecule has 2 unspecified atom stereocenters. The minimum absolute atomic E-state index is 0.0206. The highest BCUT2D eigenvalue weighted by Gasteiger charge is 2.39. The summed E-state index contributed by atoms with van der Waals surface area (Å²) in [5.74, 6) is 0.217. The molecule has 0 fully saturated rings. The molecule has 0 aromatic rings. The summed E-state index contributed by atoms with van der Waals surface area (Å²) in [6.07, 6.45) is 7.72. The summed E-state index contributed by atoms with van der Waals surface area (Å²) in [5, 5.41) is 0. The van der Waals surface area contributed by atoms with Gasteiger partial charge in [-0.1, -0.05) is 17.2 Å². The Kier molecular flexibility index (Phi) is 3.47. The molecular formula is C14H20O2. The molecule has 16 heavy (non-hydrogen) atoms. The Bertz CT molecular complexity index is 328. The van der Waals surface area contributed by atoms with Crippen LogP contribution in [0.1, 0.15) is 39.0 Å². The van der Waals surface area contributed by atoms with Gasteiger partial charge in [0.15, 0.2) is 0 Å². The molecule has 0 amide bonds. The van der Waals surface area contributed by atoms with Crippen molar-refractivity contribution in [2.45, 2.75) is 39.0 Å². The molecule has 0 aromatic carbocycles. The molecule has 2 nitrogen and oxygen atoms in total. The van der Waals surface area contributed by atoms with Crippen LogP contribution >= 0.6 is 0 Å². The molecular weight excluding hydrogens is 200 g/mol. The average molecular weight is 220 g/mol. The number of rotatable bonds is 3. The standard InChI is InChI=1S/C14H20O2/c1-3-10-9-11-7-5-6-8-12(11)13(10)14(15)16-4-2/h3,10,13H,1,4-9H2,2H3. The van der Waals surface area contributed by atoms with Gasteiger partial charge in [0.2, 0.25) is 0 Å². The second-order valence-corrected chi connectivity index (χ2v) is 4.67. The van der Waals surface area contributed by atoms with Gasteiger partial charge in [-0.2, -0.15) is 0 Å². The van der Waals surface area contributed by atoms with Crippen LogP contribution in [0.4, 0.5) is 0 Å². The van der Waals surface area contributed by atoms with Crippen molar-refractivity contribution in [3.05, 3.63) is 23.8 Å². The smallest absolute Gasteiger partial charge is 0.313 e. The Morgan fingerprint density at radius 1 is 1.50 bits per heavy atom. The van der Waals surface area contributed by atoms with E-state index in [0.717, 1.165) is 12.8 Å². The van der Waals surface area contributed by atoms with E-state index < -0.39 is 0 Å². The highest BCUT2D eigenvalue weighted by Crippen LogP contribution is 2.45. The minimum atomic E-state index is -0.0423. The molecule has 2 atom stereocenters. The topological polar surface area (TPSA) is 26.3 Å². The van der Waals surface area contributed by atoms with Crippen molar-refractivity contribution in [3.8, 4) is 0 Å². The molecule has 2 aliphatic rings. The maximum Gasteiger partial charge on any atom is 0.313 e. The number of hydrogen-bond donors (Lipinski definition) is 0. The van der Waals surface area contributed by atoms with E-state index in [-0.39, 0.29) is 17.8 Å². The second kappa shape index (κ2) is 4.86. The number of esters is 1. The van der Waals surface area contributed by atoms with Gasteiger partial charge in [0, 0.05) is 0 Å². The Balaban J connectivity index is 2.21. The van der Waals surface area contributed by atoms with Gasteiger partial charge in [-0.15, -0.1) is 6.58 Å². The zero-order valence-corrected chi connectivity index (χ0v) is 10.00. The van der Waals surface area contributed by atoms with Crippen molar-refractivity contribution in [2.24, 2.45) is 11.8 Å². The van der Waals surface area contributed by atoms with Crippen LogP contribution in [0.25, 0.3) is 0 Å². The van der Waals surface area contributed by atoms with Gasteiger partial charge >= 0.3 is 5.97 Å². The first kappa shape index (κ1) is 11.4. The molecule has 0 bridgehead atoms. The SMILES string of the molecule is C=CC1CC2=C(CCCC2)C1C(=O)OCC. The fourth-order valence-electron chi connectivity index (χ4n) is 3.03.